The van der Waals surface area contributed by atoms with Gasteiger partial charge in [-0.15, -0.1) is 0 Å². The lowest BCUT2D eigenvalue weighted by atomic mass is 10.1. The zero-order valence-corrected chi connectivity index (χ0v) is 11.0. The Kier molecular flexibility index (Phi) is 4.52. The Morgan fingerprint density at radius 2 is 2.10 bits per heavy atom. The summed E-state index contributed by atoms with van der Waals surface area (Å²) < 4.78 is 37.7. The number of carbonyl (C=O) groups excluding carboxylic acids is 1. The molecule has 21 heavy (non-hydrogen) atoms. The predicted octanol–water partition coefficient (Wildman–Crippen LogP) is 2.76. The summed E-state index contributed by atoms with van der Waals surface area (Å²) in [6, 6.07) is 3.62. The number of anilines is 1. The van der Waals surface area contributed by atoms with Gasteiger partial charge in [-0.25, -0.2) is 4.79 Å². The molecular formula is C14H15F3N2O2. The lowest BCUT2D eigenvalue weighted by Gasteiger charge is -2.14. The van der Waals surface area contributed by atoms with Gasteiger partial charge in [0.15, 0.2) is 0 Å². The van der Waals surface area contributed by atoms with Crippen LogP contribution in [-0.2, 0) is 6.18 Å². The van der Waals surface area contributed by atoms with Crippen molar-refractivity contribution in [2.24, 2.45) is 5.92 Å². The predicted molar refractivity (Wildman–Crippen MR) is 71.7 cm³/mol. The number of carbonyl (C=O) groups is 1. The fraction of sp³-hybridized carbons (Fsp3) is 0.357. The standard InChI is InChI=1S/C14H15F3N2O2/c15-14(16,17)10-2-1-3-11(7-10)18-13(21)19-12-5-4-9(6-12)8-20/h1-5,7,9,12,20H,6,8H2,(H2,18,19,21)/t9-,12+/m0/s1. The normalized spacial score (nSPS) is 21.3. The van der Waals surface area contributed by atoms with Crippen molar-refractivity contribution in [1.29, 1.82) is 0 Å². The Labute approximate surface area is 119 Å². The van der Waals surface area contributed by atoms with Crippen molar-refractivity contribution < 1.29 is 23.1 Å². The average Bonchev–Trinajstić information content (AvgIpc) is 2.85. The number of amides is 2. The number of halogens is 3. The molecular weight excluding hydrogens is 285 g/mol. The molecule has 2 rings (SSSR count). The van der Waals surface area contributed by atoms with Gasteiger partial charge in [-0.2, -0.15) is 13.2 Å². The highest BCUT2D eigenvalue weighted by Crippen LogP contribution is 2.30. The van der Waals surface area contributed by atoms with E-state index in [1.54, 1.807) is 12.2 Å². The molecule has 114 valence electrons. The molecule has 0 heterocycles. The molecule has 4 nitrogen and oxygen atoms in total. The number of hydrogen-bond donors (Lipinski definition) is 3. The van der Waals surface area contributed by atoms with Crippen molar-refractivity contribution in [2.75, 3.05) is 11.9 Å². The first kappa shape index (κ1) is 15.4. The molecule has 2 atom stereocenters. The topological polar surface area (TPSA) is 61.4 Å². The molecule has 3 N–H and O–H groups in total. The fourth-order valence-corrected chi connectivity index (χ4v) is 2.13. The first-order valence-corrected chi connectivity index (χ1v) is 6.42. The summed E-state index contributed by atoms with van der Waals surface area (Å²) in [5.41, 5.74) is -0.746. The summed E-state index contributed by atoms with van der Waals surface area (Å²) >= 11 is 0. The molecule has 0 spiro atoms. The number of urea groups is 1. The summed E-state index contributed by atoms with van der Waals surface area (Å²) in [7, 11) is 0. The number of aliphatic hydroxyl groups is 1. The smallest absolute Gasteiger partial charge is 0.396 e. The van der Waals surface area contributed by atoms with Crippen LogP contribution in [-0.4, -0.2) is 23.8 Å². The van der Waals surface area contributed by atoms with Gasteiger partial charge in [0.2, 0.25) is 0 Å². The Hall–Kier alpha value is -2.02. The van der Waals surface area contributed by atoms with Crippen LogP contribution in [0.3, 0.4) is 0 Å². The number of hydrogen-bond acceptors (Lipinski definition) is 2. The van der Waals surface area contributed by atoms with Crippen LogP contribution in [0.5, 0.6) is 0 Å². The van der Waals surface area contributed by atoms with Crippen LogP contribution in [0.1, 0.15) is 12.0 Å². The van der Waals surface area contributed by atoms with Crippen LogP contribution in [0.15, 0.2) is 36.4 Å². The second-order valence-electron chi connectivity index (χ2n) is 4.85. The van der Waals surface area contributed by atoms with E-state index in [0.717, 1.165) is 12.1 Å². The molecule has 0 saturated carbocycles. The number of benzene rings is 1. The van der Waals surface area contributed by atoms with Gasteiger partial charge in [0, 0.05) is 24.3 Å². The Morgan fingerprint density at radius 1 is 1.33 bits per heavy atom. The Morgan fingerprint density at radius 3 is 2.71 bits per heavy atom. The van der Waals surface area contributed by atoms with E-state index in [1.165, 1.54) is 12.1 Å². The van der Waals surface area contributed by atoms with E-state index >= 15 is 0 Å². The Balaban J connectivity index is 1.93. The van der Waals surface area contributed by atoms with Crippen molar-refractivity contribution in [3.05, 3.63) is 42.0 Å². The van der Waals surface area contributed by atoms with E-state index in [1.807, 2.05) is 0 Å². The van der Waals surface area contributed by atoms with Crippen molar-refractivity contribution >= 4 is 11.7 Å². The van der Waals surface area contributed by atoms with Crippen molar-refractivity contribution in [2.45, 2.75) is 18.6 Å². The van der Waals surface area contributed by atoms with E-state index in [0.29, 0.717) is 6.42 Å². The molecule has 1 aromatic rings. The van der Waals surface area contributed by atoms with Gasteiger partial charge < -0.3 is 15.7 Å². The van der Waals surface area contributed by atoms with Gasteiger partial charge in [0.1, 0.15) is 0 Å². The van der Waals surface area contributed by atoms with Crippen molar-refractivity contribution in [1.82, 2.24) is 5.32 Å². The van der Waals surface area contributed by atoms with Gasteiger partial charge in [0.05, 0.1) is 5.56 Å². The fourth-order valence-electron chi connectivity index (χ4n) is 2.13. The highest BCUT2D eigenvalue weighted by atomic mass is 19.4. The van der Waals surface area contributed by atoms with Crippen LogP contribution in [0.2, 0.25) is 0 Å². The number of nitrogens with one attached hydrogen (secondary N) is 2. The monoisotopic (exact) mass is 300 g/mol. The molecule has 0 bridgehead atoms. The number of rotatable bonds is 3. The van der Waals surface area contributed by atoms with Crippen LogP contribution in [0, 0.1) is 5.92 Å². The van der Waals surface area contributed by atoms with Crippen molar-refractivity contribution in [3.63, 3.8) is 0 Å². The van der Waals surface area contributed by atoms with E-state index in [2.05, 4.69) is 10.6 Å². The third-order valence-corrected chi connectivity index (χ3v) is 3.17. The summed E-state index contributed by atoms with van der Waals surface area (Å²) in [5, 5.41) is 14.0. The quantitative estimate of drug-likeness (QED) is 0.752. The molecule has 0 aliphatic heterocycles. The third-order valence-electron chi connectivity index (χ3n) is 3.17. The molecule has 1 aromatic carbocycles. The molecule has 2 amide bonds. The molecule has 0 aromatic heterocycles. The van der Waals surface area contributed by atoms with Crippen LogP contribution < -0.4 is 10.6 Å². The van der Waals surface area contributed by atoms with Crippen LogP contribution in [0.25, 0.3) is 0 Å². The van der Waals surface area contributed by atoms with Gasteiger partial charge in [-0.1, -0.05) is 18.2 Å². The van der Waals surface area contributed by atoms with Crippen LogP contribution in [0.4, 0.5) is 23.7 Å². The van der Waals surface area contributed by atoms with Gasteiger partial charge >= 0.3 is 12.2 Å². The number of alkyl halides is 3. The molecule has 0 fully saturated rings. The minimum atomic E-state index is -4.45. The first-order chi connectivity index (χ1) is 9.88. The molecule has 0 saturated heterocycles. The maximum atomic E-state index is 12.6. The van der Waals surface area contributed by atoms with Crippen LogP contribution >= 0.6 is 0 Å². The molecule has 1 aliphatic carbocycles. The zero-order chi connectivity index (χ0) is 15.5. The third kappa shape index (κ3) is 4.22. The average molecular weight is 300 g/mol. The largest absolute Gasteiger partial charge is 0.416 e. The highest BCUT2D eigenvalue weighted by molar-refractivity contribution is 5.89. The lowest BCUT2D eigenvalue weighted by Crippen LogP contribution is -2.36. The molecule has 1 aliphatic rings. The second kappa shape index (κ2) is 6.17. The van der Waals surface area contributed by atoms with Gasteiger partial charge in [-0.05, 0) is 24.6 Å². The van der Waals surface area contributed by atoms with E-state index in [9.17, 15) is 18.0 Å². The SMILES string of the molecule is O=C(Nc1cccc(C(F)(F)F)c1)N[C@@H]1C=C[C@H](CO)C1. The maximum Gasteiger partial charge on any atom is 0.416 e. The minimum Gasteiger partial charge on any atom is -0.396 e. The summed E-state index contributed by atoms with van der Waals surface area (Å²) in [5.74, 6) is 0.00357. The lowest BCUT2D eigenvalue weighted by molar-refractivity contribution is -0.137. The zero-order valence-electron chi connectivity index (χ0n) is 11.0. The molecule has 7 heteroatoms. The van der Waals surface area contributed by atoms with E-state index < -0.39 is 17.8 Å². The van der Waals surface area contributed by atoms with Crippen molar-refractivity contribution in [3.8, 4) is 0 Å². The molecule has 0 unspecified atom stereocenters. The summed E-state index contributed by atoms with van der Waals surface area (Å²) in [4.78, 5) is 11.7. The highest BCUT2D eigenvalue weighted by Gasteiger charge is 2.30. The van der Waals surface area contributed by atoms with Gasteiger partial charge in [0.25, 0.3) is 0 Å². The van der Waals surface area contributed by atoms with Gasteiger partial charge in [-0.3, -0.25) is 0 Å². The Bertz CT molecular complexity index is 543. The van der Waals surface area contributed by atoms with E-state index in [-0.39, 0.29) is 24.3 Å². The first-order valence-electron chi connectivity index (χ1n) is 6.42. The summed E-state index contributed by atoms with van der Waals surface area (Å²) in [6.45, 7) is 0.00390. The van der Waals surface area contributed by atoms with E-state index in [4.69, 9.17) is 5.11 Å². The number of aliphatic hydroxyl groups excluding tert-OH is 1. The second-order valence-corrected chi connectivity index (χ2v) is 4.85. The maximum absolute atomic E-state index is 12.6. The molecule has 0 radical (unpaired) electrons. The summed E-state index contributed by atoms with van der Waals surface area (Å²) in [6.07, 6.45) is -0.314. The minimum absolute atomic E-state index is 0.00357.